The van der Waals surface area contributed by atoms with Gasteiger partial charge in [-0.15, -0.1) is 0 Å². The minimum absolute atomic E-state index is 0.201. The summed E-state index contributed by atoms with van der Waals surface area (Å²) in [6, 6.07) is 17.2. The fraction of sp³-hybridized carbons (Fsp3) is 0.217. The van der Waals surface area contributed by atoms with Crippen molar-refractivity contribution in [3.05, 3.63) is 71.8 Å². The Bertz CT molecular complexity index is 922. The maximum atomic E-state index is 12.7. The first kappa shape index (κ1) is 20.6. The molecule has 2 aromatic carbocycles. The quantitative estimate of drug-likeness (QED) is 0.634. The van der Waals surface area contributed by atoms with E-state index in [-0.39, 0.29) is 6.61 Å². The Kier molecular flexibility index (Phi) is 6.30. The first-order valence-corrected chi connectivity index (χ1v) is 9.87. The van der Waals surface area contributed by atoms with Gasteiger partial charge in [-0.05, 0) is 54.5 Å². The second-order valence-corrected chi connectivity index (χ2v) is 7.36. The molecule has 0 saturated heterocycles. The normalized spacial score (nSPS) is 14.8. The van der Waals surface area contributed by atoms with Crippen LogP contribution in [-0.2, 0) is 9.53 Å². The number of hydrogen-bond donors (Lipinski definition) is 0. The number of nitriles is 1. The minimum Gasteiger partial charge on any atom is -0.497 e. The van der Waals surface area contributed by atoms with Gasteiger partial charge in [-0.1, -0.05) is 36.0 Å². The summed E-state index contributed by atoms with van der Waals surface area (Å²) >= 11 is 1.50. The predicted octanol–water partition coefficient (Wildman–Crippen LogP) is 4.91. The van der Waals surface area contributed by atoms with Gasteiger partial charge in [-0.3, -0.25) is 0 Å². The lowest BCUT2D eigenvalue weighted by Gasteiger charge is -2.26. The Labute approximate surface area is 174 Å². The standard InChI is InChI=1S/C23H21NO4S/c1-4-28-22(25)23(15-24)13-20(16-5-9-18(26-2)10-6-16)29-21(14-23)17-7-11-19(27-3)12-8-17/h5-14H,4H2,1-3H3. The summed E-state index contributed by atoms with van der Waals surface area (Å²) in [6.45, 7) is 1.93. The molecule has 29 heavy (non-hydrogen) atoms. The van der Waals surface area contributed by atoms with E-state index in [1.165, 1.54) is 11.8 Å². The maximum absolute atomic E-state index is 12.7. The largest absolute Gasteiger partial charge is 0.497 e. The van der Waals surface area contributed by atoms with Crippen LogP contribution in [0, 0.1) is 16.7 Å². The van der Waals surface area contributed by atoms with Crippen molar-refractivity contribution in [3.8, 4) is 17.6 Å². The summed E-state index contributed by atoms with van der Waals surface area (Å²) in [5, 5.41) is 9.94. The molecule has 0 fully saturated rings. The van der Waals surface area contributed by atoms with E-state index in [1.54, 1.807) is 33.3 Å². The molecule has 0 aliphatic carbocycles. The van der Waals surface area contributed by atoms with Crippen LogP contribution in [0.25, 0.3) is 9.81 Å². The number of carbonyl (C=O) groups excluding carboxylic acids is 1. The van der Waals surface area contributed by atoms with E-state index in [1.807, 2.05) is 48.5 Å². The molecule has 148 valence electrons. The van der Waals surface area contributed by atoms with E-state index in [0.717, 1.165) is 32.4 Å². The number of nitrogens with zero attached hydrogens (tertiary/aromatic N) is 1. The fourth-order valence-corrected chi connectivity index (χ4v) is 4.14. The lowest BCUT2D eigenvalue weighted by Crippen LogP contribution is -2.29. The summed E-state index contributed by atoms with van der Waals surface area (Å²) in [5.41, 5.74) is 0.281. The van der Waals surface area contributed by atoms with Gasteiger partial charge in [-0.2, -0.15) is 5.26 Å². The van der Waals surface area contributed by atoms with E-state index in [2.05, 4.69) is 6.07 Å². The molecule has 0 spiro atoms. The van der Waals surface area contributed by atoms with E-state index in [4.69, 9.17) is 14.2 Å². The second-order valence-electron chi connectivity index (χ2n) is 6.28. The van der Waals surface area contributed by atoms with Crippen molar-refractivity contribution >= 4 is 27.5 Å². The molecule has 5 nitrogen and oxygen atoms in total. The Balaban J connectivity index is 2.09. The van der Waals surface area contributed by atoms with Crippen LogP contribution in [0.1, 0.15) is 18.1 Å². The Hall–Kier alpha value is -3.17. The molecular formula is C23H21NO4S. The van der Waals surface area contributed by atoms with Gasteiger partial charge in [0.15, 0.2) is 5.41 Å². The van der Waals surface area contributed by atoms with Crippen LogP contribution in [0.2, 0.25) is 0 Å². The molecule has 1 aliphatic heterocycles. The highest BCUT2D eigenvalue weighted by Crippen LogP contribution is 2.48. The lowest BCUT2D eigenvalue weighted by molar-refractivity contribution is -0.147. The Morgan fingerprint density at radius 2 is 1.38 bits per heavy atom. The van der Waals surface area contributed by atoms with Crippen LogP contribution in [-0.4, -0.2) is 26.8 Å². The van der Waals surface area contributed by atoms with Gasteiger partial charge in [0.25, 0.3) is 0 Å². The van der Waals surface area contributed by atoms with Gasteiger partial charge >= 0.3 is 5.97 Å². The number of hydrogen-bond acceptors (Lipinski definition) is 6. The SMILES string of the molecule is CCOC(=O)C1(C#N)C=C(c2ccc(OC)cc2)SC(c2ccc(OC)cc2)=C1. The number of carbonyl (C=O) groups is 1. The van der Waals surface area contributed by atoms with Gasteiger partial charge < -0.3 is 14.2 Å². The van der Waals surface area contributed by atoms with E-state index in [9.17, 15) is 10.1 Å². The smallest absolute Gasteiger partial charge is 0.334 e. The molecule has 3 rings (SSSR count). The minimum atomic E-state index is -1.49. The van der Waals surface area contributed by atoms with Crippen LogP contribution < -0.4 is 9.47 Å². The number of rotatable bonds is 6. The van der Waals surface area contributed by atoms with Gasteiger partial charge in [-0.25, -0.2) is 4.79 Å². The number of thioether (sulfide) groups is 1. The molecule has 0 atom stereocenters. The molecule has 1 aliphatic rings. The second kappa shape index (κ2) is 8.89. The van der Waals surface area contributed by atoms with E-state index in [0.29, 0.717) is 0 Å². The monoisotopic (exact) mass is 407 g/mol. The zero-order valence-corrected chi connectivity index (χ0v) is 17.3. The summed E-state index contributed by atoms with van der Waals surface area (Å²) < 4.78 is 15.7. The van der Waals surface area contributed by atoms with Gasteiger partial charge in [0.2, 0.25) is 0 Å². The maximum Gasteiger partial charge on any atom is 0.334 e. The van der Waals surface area contributed by atoms with Crippen molar-refractivity contribution in [1.82, 2.24) is 0 Å². The zero-order valence-electron chi connectivity index (χ0n) is 16.5. The molecule has 2 aromatic rings. The summed E-state index contributed by atoms with van der Waals surface area (Å²) in [5.74, 6) is 0.885. The molecule has 0 N–H and O–H groups in total. The molecule has 1 heterocycles. The number of esters is 1. The average Bonchev–Trinajstić information content (AvgIpc) is 2.79. The number of benzene rings is 2. The molecule has 0 aromatic heterocycles. The highest BCUT2D eigenvalue weighted by atomic mass is 32.2. The highest BCUT2D eigenvalue weighted by molar-refractivity contribution is 8.16. The van der Waals surface area contributed by atoms with Gasteiger partial charge in [0, 0.05) is 9.81 Å². The van der Waals surface area contributed by atoms with Crippen molar-refractivity contribution in [3.63, 3.8) is 0 Å². The highest BCUT2D eigenvalue weighted by Gasteiger charge is 2.40. The van der Waals surface area contributed by atoms with Crippen molar-refractivity contribution in [2.45, 2.75) is 6.92 Å². The molecule has 0 saturated carbocycles. The fourth-order valence-electron chi connectivity index (χ4n) is 2.91. The average molecular weight is 407 g/mol. The molecule has 0 radical (unpaired) electrons. The van der Waals surface area contributed by atoms with E-state index < -0.39 is 11.4 Å². The van der Waals surface area contributed by atoms with Crippen molar-refractivity contribution < 1.29 is 19.0 Å². The van der Waals surface area contributed by atoms with Crippen LogP contribution >= 0.6 is 11.8 Å². The Morgan fingerprint density at radius 1 is 0.931 bits per heavy atom. The molecule has 6 heteroatoms. The molecule has 0 amide bonds. The van der Waals surface area contributed by atoms with Crippen LogP contribution in [0.3, 0.4) is 0 Å². The summed E-state index contributed by atoms with van der Waals surface area (Å²) in [4.78, 5) is 14.3. The number of ether oxygens (including phenoxy) is 3. The first-order valence-electron chi connectivity index (χ1n) is 9.06. The number of methoxy groups -OCH3 is 2. The van der Waals surface area contributed by atoms with Crippen LogP contribution in [0.5, 0.6) is 11.5 Å². The third kappa shape index (κ3) is 4.30. The first-order chi connectivity index (χ1) is 14.0. The van der Waals surface area contributed by atoms with Crippen molar-refractivity contribution in [2.24, 2.45) is 5.41 Å². The lowest BCUT2D eigenvalue weighted by atomic mass is 9.87. The topological polar surface area (TPSA) is 68.6 Å². The van der Waals surface area contributed by atoms with Crippen LogP contribution in [0.15, 0.2) is 60.7 Å². The zero-order chi connectivity index (χ0) is 20.9. The predicted molar refractivity (Wildman–Crippen MR) is 114 cm³/mol. The third-order valence-corrected chi connectivity index (χ3v) is 5.63. The van der Waals surface area contributed by atoms with Crippen LogP contribution in [0.4, 0.5) is 0 Å². The van der Waals surface area contributed by atoms with E-state index >= 15 is 0 Å². The molecule has 0 bridgehead atoms. The molecule has 0 unspecified atom stereocenters. The summed E-state index contributed by atoms with van der Waals surface area (Å²) in [7, 11) is 3.21. The van der Waals surface area contributed by atoms with Crippen molar-refractivity contribution in [2.75, 3.05) is 20.8 Å². The Morgan fingerprint density at radius 3 is 1.72 bits per heavy atom. The third-order valence-electron chi connectivity index (χ3n) is 4.48. The summed E-state index contributed by atoms with van der Waals surface area (Å²) in [6.07, 6.45) is 3.34. The van der Waals surface area contributed by atoms with Crippen molar-refractivity contribution in [1.29, 1.82) is 5.26 Å². The van der Waals surface area contributed by atoms with Gasteiger partial charge in [0.1, 0.15) is 11.5 Å². The molecular weight excluding hydrogens is 386 g/mol. The van der Waals surface area contributed by atoms with Gasteiger partial charge in [0.05, 0.1) is 26.9 Å².